The van der Waals surface area contributed by atoms with E-state index >= 15 is 0 Å². The van der Waals surface area contributed by atoms with Gasteiger partial charge < -0.3 is 4.43 Å². The molecule has 0 spiro atoms. The maximum atomic E-state index is 13.3. The molecule has 1 nitrogen and oxygen atoms in total. The van der Waals surface area contributed by atoms with Gasteiger partial charge in [-0.05, 0) is 18.9 Å². The Balaban J connectivity index is 2.58. The largest absolute Gasteiger partial charge is 0.421 e. The zero-order valence-electron chi connectivity index (χ0n) is 10.1. The third-order valence-corrected chi connectivity index (χ3v) is 4.13. The summed E-state index contributed by atoms with van der Waals surface area (Å²) in [7, 11) is -1.01. The van der Waals surface area contributed by atoms with Crippen LogP contribution < -0.4 is 0 Å². The summed E-state index contributed by atoms with van der Waals surface area (Å²) >= 11 is 0. The molecule has 0 atom stereocenters. The molecular weight excluding hydrogens is 245 g/mol. The lowest BCUT2D eigenvalue weighted by molar-refractivity contribution is 0.202. The normalized spacial score (nSPS) is 11.9. The van der Waals surface area contributed by atoms with Gasteiger partial charge in [-0.3, -0.25) is 0 Å². The molecule has 1 aromatic rings. The minimum atomic E-state index is -1.01. The fraction of sp³-hybridized carbons (Fsp3) is 0.500. The lowest BCUT2D eigenvalue weighted by Gasteiger charge is -2.14. The first kappa shape index (κ1) is 14.2. The van der Waals surface area contributed by atoms with Crippen LogP contribution in [-0.2, 0) is 10.5 Å². The number of hydrogen-bond donors (Lipinski definition) is 0. The van der Waals surface area contributed by atoms with Crippen molar-refractivity contribution in [3.8, 4) is 0 Å². The van der Waals surface area contributed by atoms with Gasteiger partial charge in [0.1, 0.15) is 17.5 Å². The molecule has 0 heterocycles. The predicted octanol–water partition coefficient (Wildman–Crippen LogP) is 2.89. The van der Waals surface area contributed by atoms with Crippen molar-refractivity contribution in [3.63, 3.8) is 0 Å². The second kappa shape index (κ2) is 6.81. The summed E-state index contributed by atoms with van der Waals surface area (Å²) in [5.74, 6) is -2.52. The Morgan fingerprint density at radius 3 is 2.12 bits per heavy atom. The fourth-order valence-corrected chi connectivity index (χ4v) is 3.27. The summed E-state index contributed by atoms with van der Waals surface area (Å²) in [6.07, 6.45) is 1.98. The molecule has 0 N–H and O–H groups in total. The van der Waals surface area contributed by atoms with E-state index in [2.05, 4.69) is 0 Å². The van der Waals surface area contributed by atoms with Crippen molar-refractivity contribution in [1.82, 2.24) is 0 Å². The lowest BCUT2D eigenvalue weighted by Crippen LogP contribution is -2.16. The highest BCUT2D eigenvalue weighted by atomic mass is 28.2. The summed E-state index contributed by atoms with van der Waals surface area (Å²) in [6.45, 7) is 4.03. The SMILES string of the molecule is CCC(CC)O[SiH2]Cc1c(F)cc(F)cc1F. The van der Waals surface area contributed by atoms with Crippen LogP contribution in [0.25, 0.3) is 0 Å². The molecule has 17 heavy (non-hydrogen) atoms. The fourth-order valence-electron chi connectivity index (χ4n) is 1.66. The summed E-state index contributed by atoms with van der Waals surface area (Å²) in [6, 6.07) is 1.68. The van der Waals surface area contributed by atoms with Gasteiger partial charge >= 0.3 is 0 Å². The lowest BCUT2D eigenvalue weighted by atomic mass is 10.2. The molecule has 1 aromatic carbocycles. The van der Waals surface area contributed by atoms with Crippen LogP contribution in [0.5, 0.6) is 0 Å². The van der Waals surface area contributed by atoms with E-state index in [1.807, 2.05) is 13.8 Å². The number of halogens is 3. The van der Waals surface area contributed by atoms with E-state index in [9.17, 15) is 13.2 Å². The highest BCUT2D eigenvalue weighted by Gasteiger charge is 2.12. The van der Waals surface area contributed by atoms with Crippen LogP contribution in [0, 0.1) is 17.5 Å². The van der Waals surface area contributed by atoms with Crippen LogP contribution in [0.15, 0.2) is 12.1 Å². The van der Waals surface area contributed by atoms with E-state index in [1.54, 1.807) is 0 Å². The minimum Gasteiger partial charge on any atom is -0.421 e. The molecular formula is C12H17F3OSi. The Kier molecular flexibility index (Phi) is 5.71. The Hall–Kier alpha value is -0.813. The van der Waals surface area contributed by atoms with Crippen molar-refractivity contribution in [1.29, 1.82) is 0 Å². The van der Waals surface area contributed by atoms with Crippen LogP contribution in [0.4, 0.5) is 13.2 Å². The minimum absolute atomic E-state index is 0.0518. The topological polar surface area (TPSA) is 9.23 Å². The van der Waals surface area contributed by atoms with E-state index in [1.165, 1.54) is 0 Å². The molecule has 0 unspecified atom stereocenters. The van der Waals surface area contributed by atoms with Crippen LogP contribution in [0.2, 0.25) is 0 Å². The maximum Gasteiger partial charge on any atom is 0.166 e. The van der Waals surface area contributed by atoms with E-state index in [-0.39, 0.29) is 17.7 Å². The van der Waals surface area contributed by atoms with Gasteiger partial charge in [0.15, 0.2) is 9.76 Å². The van der Waals surface area contributed by atoms with Crippen LogP contribution >= 0.6 is 0 Å². The summed E-state index contributed by atoms with van der Waals surface area (Å²) in [5.41, 5.74) is -0.0518. The summed E-state index contributed by atoms with van der Waals surface area (Å²) in [4.78, 5) is 0. The standard InChI is InChI=1S/C12H17F3OSi/c1-3-9(4-2)16-17-7-10-11(14)5-8(13)6-12(10)15/h5-6,9H,3-4,7,17H2,1-2H3. The molecule has 0 radical (unpaired) electrons. The Morgan fingerprint density at radius 2 is 1.65 bits per heavy atom. The first-order chi connectivity index (χ1) is 8.08. The first-order valence-electron chi connectivity index (χ1n) is 5.83. The number of benzene rings is 1. The Labute approximate surface area is 102 Å². The average Bonchev–Trinajstić information content (AvgIpc) is 2.27. The highest BCUT2D eigenvalue weighted by Crippen LogP contribution is 2.15. The summed E-state index contributed by atoms with van der Waals surface area (Å²) < 4.78 is 44.8. The van der Waals surface area contributed by atoms with Gasteiger partial charge in [-0.15, -0.1) is 0 Å². The van der Waals surface area contributed by atoms with Crippen LogP contribution in [-0.4, -0.2) is 15.9 Å². The van der Waals surface area contributed by atoms with Crippen molar-refractivity contribution in [2.45, 2.75) is 38.8 Å². The molecule has 0 bridgehead atoms. The molecule has 5 heteroatoms. The van der Waals surface area contributed by atoms with Gasteiger partial charge in [0.25, 0.3) is 0 Å². The quantitative estimate of drug-likeness (QED) is 0.716. The molecule has 0 fully saturated rings. The average molecular weight is 262 g/mol. The van der Waals surface area contributed by atoms with Gasteiger partial charge in [-0.25, -0.2) is 13.2 Å². The molecule has 0 aliphatic carbocycles. The van der Waals surface area contributed by atoms with E-state index in [0.717, 1.165) is 12.8 Å². The van der Waals surface area contributed by atoms with Gasteiger partial charge in [0.05, 0.1) is 0 Å². The second-order valence-electron chi connectivity index (χ2n) is 3.91. The monoisotopic (exact) mass is 262 g/mol. The first-order valence-corrected chi connectivity index (χ1v) is 7.41. The van der Waals surface area contributed by atoms with Gasteiger partial charge in [0, 0.05) is 23.8 Å². The van der Waals surface area contributed by atoms with Crippen LogP contribution in [0.1, 0.15) is 32.3 Å². The van der Waals surface area contributed by atoms with E-state index in [0.29, 0.717) is 12.1 Å². The maximum absolute atomic E-state index is 13.3. The van der Waals surface area contributed by atoms with E-state index in [4.69, 9.17) is 4.43 Å². The highest BCUT2D eigenvalue weighted by molar-refractivity contribution is 6.26. The molecule has 0 aliphatic rings. The van der Waals surface area contributed by atoms with Gasteiger partial charge in [-0.2, -0.15) is 0 Å². The third-order valence-electron chi connectivity index (χ3n) is 2.72. The third kappa shape index (κ3) is 4.16. The van der Waals surface area contributed by atoms with Crippen molar-refractivity contribution >= 4 is 9.76 Å². The molecule has 96 valence electrons. The van der Waals surface area contributed by atoms with Crippen LogP contribution in [0.3, 0.4) is 0 Å². The Bertz CT molecular complexity index is 344. The number of hydrogen-bond acceptors (Lipinski definition) is 1. The van der Waals surface area contributed by atoms with E-state index < -0.39 is 27.2 Å². The molecule has 0 aliphatic heterocycles. The number of rotatable bonds is 6. The zero-order valence-corrected chi connectivity index (χ0v) is 11.5. The molecule has 1 rings (SSSR count). The molecule has 0 saturated heterocycles. The van der Waals surface area contributed by atoms with Crippen molar-refractivity contribution < 1.29 is 17.6 Å². The molecule has 0 aromatic heterocycles. The van der Waals surface area contributed by atoms with Gasteiger partial charge in [0.2, 0.25) is 0 Å². The molecule has 0 amide bonds. The van der Waals surface area contributed by atoms with Crippen molar-refractivity contribution in [2.75, 3.05) is 0 Å². The van der Waals surface area contributed by atoms with Crippen molar-refractivity contribution in [2.24, 2.45) is 0 Å². The van der Waals surface area contributed by atoms with Gasteiger partial charge in [-0.1, -0.05) is 13.8 Å². The van der Waals surface area contributed by atoms with Crippen molar-refractivity contribution in [3.05, 3.63) is 35.1 Å². The molecule has 0 saturated carbocycles. The zero-order chi connectivity index (χ0) is 12.8. The smallest absolute Gasteiger partial charge is 0.166 e. The Morgan fingerprint density at radius 1 is 1.12 bits per heavy atom. The summed E-state index contributed by atoms with van der Waals surface area (Å²) in [5, 5.41) is 0. The second-order valence-corrected chi connectivity index (χ2v) is 5.15. The predicted molar refractivity (Wildman–Crippen MR) is 64.0 cm³/mol.